The molecule has 0 bridgehead atoms. The molecule has 1 aliphatic rings. The zero-order valence-corrected chi connectivity index (χ0v) is 9.31. The van der Waals surface area contributed by atoms with Crippen molar-refractivity contribution in [2.45, 2.75) is 6.10 Å². The van der Waals surface area contributed by atoms with E-state index in [-0.39, 0.29) is 12.0 Å². The lowest BCUT2D eigenvalue weighted by molar-refractivity contribution is 0.0950. The third-order valence-corrected chi connectivity index (χ3v) is 2.71. The third kappa shape index (κ3) is 2.62. The highest BCUT2D eigenvalue weighted by Crippen LogP contribution is 2.24. The molecule has 80 valence electrons. The van der Waals surface area contributed by atoms with Crippen LogP contribution in [0.2, 0.25) is 10.0 Å². The van der Waals surface area contributed by atoms with Crippen LogP contribution in [0.4, 0.5) is 0 Å². The van der Waals surface area contributed by atoms with Gasteiger partial charge in [0.1, 0.15) is 0 Å². The Morgan fingerprint density at radius 1 is 1.47 bits per heavy atom. The average Bonchev–Trinajstić information content (AvgIpc) is 2.97. The minimum atomic E-state index is -0.263. The largest absolute Gasteiger partial charge is 0.371 e. The molecule has 1 N–H and O–H groups in total. The lowest BCUT2D eigenvalue weighted by Crippen LogP contribution is -2.27. The molecule has 1 aromatic carbocycles. The molecule has 15 heavy (non-hydrogen) atoms. The molecule has 1 aliphatic heterocycles. The third-order valence-electron chi connectivity index (χ3n) is 2.08. The number of amides is 1. The maximum Gasteiger partial charge on any atom is 0.254 e. The molecule has 0 radical (unpaired) electrons. The van der Waals surface area contributed by atoms with Gasteiger partial charge in [0.05, 0.1) is 28.3 Å². The highest BCUT2D eigenvalue weighted by Gasteiger charge is 2.24. The van der Waals surface area contributed by atoms with Crippen molar-refractivity contribution in [3.05, 3.63) is 33.8 Å². The van der Waals surface area contributed by atoms with Crippen LogP contribution in [0.5, 0.6) is 0 Å². The Kier molecular flexibility index (Phi) is 3.14. The molecule has 1 amide bonds. The highest BCUT2D eigenvalue weighted by atomic mass is 35.5. The zero-order valence-electron chi connectivity index (χ0n) is 7.80. The number of ether oxygens (including phenoxy) is 1. The monoisotopic (exact) mass is 245 g/mol. The lowest BCUT2D eigenvalue weighted by atomic mass is 10.2. The molecule has 1 heterocycles. The number of halogens is 2. The van der Waals surface area contributed by atoms with Crippen LogP contribution >= 0.6 is 23.2 Å². The maximum absolute atomic E-state index is 11.7. The van der Waals surface area contributed by atoms with E-state index < -0.39 is 0 Å². The number of hydrogen-bond donors (Lipinski definition) is 1. The molecule has 0 unspecified atom stereocenters. The summed E-state index contributed by atoms with van der Waals surface area (Å²) in [7, 11) is 0. The highest BCUT2D eigenvalue weighted by molar-refractivity contribution is 6.39. The van der Waals surface area contributed by atoms with Crippen LogP contribution in [0.3, 0.4) is 0 Å². The van der Waals surface area contributed by atoms with Gasteiger partial charge in [0, 0.05) is 6.54 Å². The first-order valence-corrected chi connectivity index (χ1v) is 5.28. The number of benzene rings is 1. The van der Waals surface area contributed by atoms with Gasteiger partial charge in [-0.1, -0.05) is 29.3 Å². The van der Waals surface area contributed by atoms with E-state index in [1.165, 1.54) is 0 Å². The predicted molar refractivity (Wildman–Crippen MR) is 58.5 cm³/mol. The van der Waals surface area contributed by atoms with Gasteiger partial charge in [-0.3, -0.25) is 4.79 Å². The van der Waals surface area contributed by atoms with Crippen LogP contribution in [0.15, 0.2) is 18.2 Å². The lowest BCUT2D eigenvalue weighted by Gasteiger charge is -2.06. The van der Waals surface area contributed by atoms with Crippen molar-refractivity contribution < 1.29 is 9.53 Å². The van der Waals surface area contributed by atoms with E-state index in [1.54, 1.807) is 18.2 Å². The molecule has 2 rings (SSSR count). The summed E-state index contributed by atoms with van der Waals surface area (Å²) in [6, 6.07) is 4.97. The van der Waals surface area contributed by atoms with Crippen molar-refractivity contribution in [3.63, 3.8) is 0 Å². The summed E-state index contributed by atoms with van der Waals surface area (Å²) in [6.45, 7) is 1.21. The Bertz CT molecular complexity index is 371. The first-order chi connectivity index (χ1) is 7.18. The summed E-state index contributed by atoms with van der Waals surface area (Å²) in [5.41, 5.74) is 0.321. The van der Waals surface area contributed by atoms with Gasteiger partial charge in [-0.05, 0) is 12.1 Å². The molecule has 0 spiro atoms. The van der Waals surface area contributed by atoms with Gasteiger partial charge >= 0.3 is 0 Å². The van der Waals surface area contributed by atoms with Gasteiger partial charge in [-0.15, -0.1) is 0 Å². The van der Waals surface area contributed by atoms with Gasteiger partial charge < -0.3 is 10.1 Å². The topological polar surface area (TPSA) is 41.6 Å². The maximum atomic E-state index is 11.7. The summed E-state index contributed by atoms with van der Waals surface area (Å²) < 4.78 is 4.97. The van der Waals surface area contributed by atoms with Gasteiger partial charge in [0.25, 0.3) is 5.91 Å². The molecule has 1 atom stereocenters. The summed E-state index contributed by atoms with van der Waals surface area (Å²) in [5, 5.41) is 3.43. The number of nitrogens with one attached hydrogen (secondary N) is 1. The minimum Gasteiger partial charge on any atom is -0.371 e. The molecular formula is C10H9Cl2NO2. The normalized spacial score (nSPS) is 18.7. The minimum absolute atomic E-state index is 0.148. The summed E-state index contributed by atoms with van der Waals surface area (Å²) in [4.78, 5) is 11.7. The first-order valence-electron chi connectivity index (χ1n) is 4.52. The second-order valence-electron chi connectivity index (χ2n) is 3.26. The van der Waals surface area contributed by atoms with Crippen LogP contribution in [0, 0.1) is 0 Å². The Labute approximate surface area is 97.3 Å². The molecule has 5 heteroatoms. The van der Waals surface area contributed by atoms with Gasteiger partial charge in [-0.25, -0.2) is 0 Å². The van der Waals surface area contributed by atoms with Crippen molar-refractivity contribution in [3.8, 4) is 0 Å². The molecule has 1 aromatic rings. The number of rotatable bonds is 3. The van der Waals surface area contributed by atoms with Gasteiger partial charge in [0.2, 0.25) is 0 Å². The van der Waals surface area contributed by atoms with E-state index in [1.807, 2.05) is 0 Å². The van der Waals surface area contributed by atoms with Crippen molar-refractivity contribution in [2.24, 2.45) is 0 Å². The molecule has 0 aromatic heterocycles. The molecular weight excluding hydrogens is 237 g/mol. The van der Waals surface area contributed by atoms with Gasteiger partial charge in [0.15, 0.2) is 0 Å². The van der Waals surface area contributed by atoms with E-state index in [9.17, 15) is 4.79 Å². The molecule has 3 nitrogen and oxygen atoms in total. The van der Waals surface area contributed by atoms with Crippen molar-refractivity contribution in [2.75, 3.05) is 13.2 Å². The molecule has 1 fully saturated rings. The van der Waals surface area contributed by atoms with Crippen LogP contribution in [-0.4, -0.2) is 25.2 Å². The first kappa shape index (κ1) is 10.7. The van der Waals surface area contributed by atoms with E-state index >= 15 is 0 Å². The van der Waals surface area contributed by atoms with Crippen LogP contribution < -0.4 is 5.32 Å². The Morgan fingerprint density at radius 3 is 2.60 bits per heavy atom. The number of carbonyl (C=O) groups is 1. The Balaban J connectivity index is 2.09. The number of hydrogen-bond acceptors (Lipinski definition) is 2. The number of epoxide rings is 1. The summed E-state index contributed by atoms with van der Waals surface area (Å²) in [6.07, 6.45) is 0.148. The fourth-order valence-corrected chi connectivity index (χ4v) is 1.76. The van der Waals surface area contributed by atoms with E-state index in [2.05, 4.69) is 5.32 Å². The summed E-state index contributed by atoms with van der Waals surface area (Å²) >= 11 is 11.8. The fraction of sp³-hybridized carbons (Fsp3) is 0.300. The van der Waals surface area contributed by atoms with E-state index in [0.717, 1.165) is 0 Å². The second-order valence-corrected chi connectivity index (χ2v) is 4.08. The van der Waals surface area contributed by atoms with Gasteiger partial charge in [-0.2, -0.15) is 0 Å². The van der Waals surface area contributed by atoms with E-state index in [4.69, 9.17) is 27.9 Å². The van der Waals surface area contributed by atoms with Crippen molar-refractivity contribution in [1.29, 1.82) is 0 Å². The molecule has 1 saturated heterocycles. The molecule has 0 saturated carbocycles. The van der Waals surface area contributed by atoms with Crippen LogP contribution in [0.1, 0.15) is 10.4 Å². The quantitative estimate of drug-likeness (QED) is 0.830. The van der Waals surface area contributed by atoms with Crippen molar-refractivity contribution >= 4 is 29.1 Å². The Hall–Kier alpha value is -0.770. The second kappa shape index (κ2) is 4.39. The zero-order chi connectivity index (χ0) is 10.8. The fourth-order valence-electron chi connectivity index (χ4n) is 1.20. The molecule has 0 aliphatic carbocycles. The number of carbonyl (C=O) groups excluding carboxylic acids is 1. The summed E-state index contributed by atoms with van der Waals surface area (Å²) in [5.74, 6) is -0.263. The average molecular weight is 246 g/mol. The Morgan fingerprint density at radius 2 is 2.07 bits per heavy atom. The van der Waals surface area contributed by atoms with Crippen LogP contribution in [0.25, 0.3) is 0 Å². The SMILES string of the molecule is O=C(NC[C@@H]1CO1)c1c(Cl)cccc1Cl. The van der Waals surface area contributed by atoms with Crippen molar-refractivity contribution in [1.82, 2.24) is 5.32 Å². The van der Waals surface area contributed by atoms with Crippen LogP contribution in [-0.2, 0) is 4.74 Å². The predicted octanol–water partition coefficient (Wildman–Crippen LogP) is 2.12. The standard InChI is InChI=1S/C10H9Cl2NO2/c11-7-2-1-3-8(12)9(7)10(14)13-4-6-5-15-6/h1-3,6H,4-5H2,(H,13,14)/t6-/m1/s1. The smallest absolute Gasteiger partial charge is 0.254 e. The van der Waals surface area contributed by atoms with E-state index in [0.29, 0.717) is 28.8 Å².